The van der Waals surface area contributed by atoms with E-state index < -0.39 is 0 Å². The number of nitrogens with zero attached hydrogens (tertiary/aromatic N) is 4. The molecule has 0 aliphatic rings. The summed E-state index contributed by atoms with van der Waals surface area (Å²) >= 11 is 0. The van der Waals surface area contributed by atoms with Gasteiger partial charge in [-0.25, -0.2) is 9.97 Å². The number of azo groups is 1. The summed E-state index contributed by atoms with van der Waals surface area (Å²) in [7, 11) is 0. The van der Waals surface area contributed by atoms with Crippen LogP contribution in [0.1, 0.15) is 11.4 Å². The van der Waals surface area contributed by atoms with Gasteiger partial charge in [-0.05, 0) is 24.3 Å². The van der Waals surface area contributed by atoms with E-state index in [2.05, 4.69) is 20.2 Å². The minimum atomic E-state index is -0.242. The number of aromatic hydroxyl groups is 2. The molecule has 0 spiro atoms. The van der Waals surface area contributed by atoms with Crippen LogP contribution in [0.15, 0.2) is 46.9 Å². The molecule has 0 fully saturated rings. The molecule has 100 valence electrons. The van der Waals surface area contributed by atoms with Crippen molar-refractivity contribution in [1.29, 1.82) is 10.8 Å². The van der Waals surface area contributed by atoms with E-state index in [-0.39, 0.29) is 34.6 Å². The van der Waals surface area contributed by atoms with Crippen LogP contribution in [0.2, 0.25) is 0 Å². The second-order valence-corrected chi connectivity index (χ2v) is 3.70. The Bertz CT molecular complexity index is 604. The molecule has 0 amide bonds. The highest BCUT2D eigenvalue weighted by Gasteiger charge is 2.04. The van der Waals surface area contributed by atoms with Gasteiger partial charge in [0.2, 0.25) is 0 Å². The second-order valence-electron chi connectivity index (χ2n) is 3.70. The van der Waals surface area contributed by atoms with E-state index in [4.69, 9.17) is 21.0 Å². The molecule has 0 aliphatic carbocycles. The quantitative estimate of drug-likeness (QED) is 0.374. The van der Waals surface area contributed by atoms with Crippen molar-refractivity contribution >= 4 is 11.7 Å². The van der Waals surface area contributed by atoms with Gasteiger partial charge in [0.15, 0.2) is 11.7 Å². The largest absolute Gasteiger partial charge is 0.506 e. The van der Waals surface area contributed by atoms with Gasteiger partial charge in [0.05, 0.1) is 12.4 Å². The lowest BCUT2D eigenvalue weighted by molar-refractivity contribution is 0.472. The number of rotatable bonds is 2. The number of aromatic nitrogens is 2. The average molecular weight is 270 g/mol. The normalized spacial score (nSPS) is 10.6. The van der Waals surface area contributed by atoms with Crippen molar-refractivity contribution in [3.8, 4) is 11.5 Å². The van der Waals surface area contributed by atoms with Crippen molar-refractivity contribution in [2.75, 3.05) is 0 Å². The first kappa shape index (κ1) is 13.3. The summed E-state index contributed by atoms with van der Waals surface area (Å²) in [6, 6.07) is 5.58. The minimum Gasteiger partial charge on any atom is -0.506 e. The molecule has 0 unspecified atom stereocenters. The molecule has 2 aromatic heterocycles. The molecule has 8 nitrogen and oxygen atoms in total. The van der Waals surface area contributed by atoms with Crippen molar-refractivity contribution in [3.05, 3.63) is 48.0 Å². The summed E-state index contributed by atoms with van der Waals surface area (Å²) in [6.07, 6.45) is 2.37. The van der Waals surface area contributed by atoms with Gasteiger partial charge in [0.1, 0.15) is 22.9 Å². The summed E-state index contributed by atoms with van der Waals surface area (Å²) in [4.78, 5) is 7.59. The maximum Gasteiger partial charge on any atom is 0.193 e. The Morgan fingerprint density at radius 1 is 0.800 bits per heavy atom. The second kappa shape index (κ2) is 5.65. The highest BCUT2D eigenvalue weighted by atomic mass is 16.3. The Morgan fingerprint density at radius 3 is 1.50 bits per heavy atom. The van der Waals surface area contributed by atoms with Crippen LogP contribution in [0.25, 0.3) is 0 Å². The molecular weight excluding hydrogens is 260 g/mol. The summed E-state index contributed by atoms with van der Waals surface area (Å²) in [5.74, 6) is -0.513. The molecule has 0 bridgehead atoms. The van der Waals surface area contributed by atoms with Gasteiger partial charge in [-0.2, -0.15) is 0 Å². The summed E-state index contributed by atoms with van der Waals surface area (Å²) in [5.41, 5.74) is 0.441. The Morgan fingerprint density at radius 2 is 1.20 bits per heavy atom. The van der Waals surface area contributed by atoms with Gasteiger partial charge in [-0.1, -0.05) is 0 Å². The fourth-order valence-electron chi connectivity index (χ4n) is 1.25. The highest BCUT2D eigenvalue weighted by Crippen LogP contribution is 2.09. The molecule has 0 atom stereocenters. The number of nitrogens with one attached hydrogen (secondary N) is 2. The van der Waals surface area contributed by atoms with Gasteiger partial charge >= 0.3 is 0 Å². The molecule has 2 heterocycles. The third-order valence-electron chi connectivity index (χ3n) is 2.23. The van der Waals surface area contributed by atoms with Crippen LogP contribution < -0.4 is 0 Å². The molecule has 2 aromatic rings. The predicted molar refractivity (Wildman–Crippen MR) is 70.3 cm³/mol. The molecule has 8 heteroatoms. The van der Waals surface area contributed by atoms with Crippen molar-refractivity contribution in [1.82, 2.24) is 9.97 Å². The van der Waals surface area contributed by atoms with E-state index >= 15 is 0 Å². The Labute approximate surface area is 113 Å². The Hall–Kier alpha value is -3.16. The third kappa shape index (κ3) is 3.19. The highest BCUT2D eigenvalue weighted by molar-refractivity contribution is 5.99. The molecule has 20 heavy (non-hydrogen) atoms. The van der Waals surface area contributed by atoms with E-state index in [1.807, 2.05) is 0 Å². The Kier molecular flexibility index (Phi) is 3.75. The zero-order valence-corrected chi connectivity index (χ0v) is 10.1. The van der Waals surface area contributed by atoms with Gasteiger partial charge in [0, 0.05) is 0 Å². The lowest BCUT2D eigenvalue weighted by Crippen LogP contribution is -2.01. The molecule has 0 radical (unpaired) electrons. The summed E-state index contributed by atoms with van der Waals surface area (Å²) < 4.78 is 0. The first-order chi connectivity index (χ1) is 9.56. The maximum atomic E-state index is 9.08. The van der Waals surface area contributed by atoms with Crippen molar-refractivity contribution in [3.63, 3.8) is 0 Å². The Balaban J connectivity index is 2.09. The average Bonchev–Trinajstić information content (AvgIpc) is 2.46. The van der Waals surface area contributed by atoms with Gasteiger partial charge in [0.25, 0.3) is 0 Å². The van der Waals surface area contributed by atoms with E-state index in [1.54, 1.807) is 0 Å². The number of hydrogen-bond acceptors (Lipinski definition) is 6. The number of pyridine rings is 2. The van der Waals surface area contributed by atoms with E-state index in [0.29, 0.717) is 0 Å². The first-order valence-corrected chi connectivity index (χ1v) is 5.46. The molecule has 0 aromatic carbocycles. The molecular formula is C12H10N6O2. The standard InChI is InChI=1S/C12H10N6O2/c13-11(9-3-1-7(19)5-15-9)17-18-12(14)10-4-2-8(20)6-16-10/h1-6,13-14,19-20H. The molecule has 0 aliphatic heterocycles. The zero-order valence-electron chi connectivity index (χ0n) is 10.1. The van der Waals surface area contributed by atoms with Gasteiger partial charge in [-0.3, -0.25) is 10.8 Å². The fourth-order valence-corrected chi connectivity index (χ4v) is 1.25. The first-order valence-electron chi connectivity index (χ1n) is 5.46. The number of hydrogen-bond donors (Lipinski definition) is 4. The van der Waals surface area contributed by atoms with Gasteiger partial charge < -0.3 is 10.2 Å². The van der Waals surface area contributed by atoms with Crippen LogP contribution in [0.5, 0.6) is 11.5 Å². The van der Waals surface area contributed by atoms with E-state index in [0.717, 1.165) is 0 Å². The van der Waals surface area contributed by atoms with Crippen molar-refractivity contribution in [2.45, 2.75) is 0 Å². The fraction of sp³-hybridized carbons (Fsp3) is 0. The smallest absolute Gasteiger partial charge is 0.193 e. The van der Waals surface area contributed by atoms with Crippen LogP contribution in [-0.2, 0) is 0 Å². The molecule has 0 saturated heterocycles. The third-order valence-corrected chi connectivity index (χ3v) is 2.23. The van der Waals surface area contributed by atoms with Crippen LogP contribution in [0.3, 0.4) is 0 Å². The van der Waals surface area contributed by atoms with Crippen LogP contribution in [0, 0.1) is 10.8 Å². The zero-order chi connectivity index (χ0) is 14.5. The predicted octanol–water partition coefficient (Wildman–Crippen LogP) is 1.69. The molecule has 4 N–H and O–H groups in total. The van der Waals surface area contributed by atoms with Crippen molar-refractivity contribution < 1.29 is 10.2 Å². The molecule has 0 saturated carbocycles. The van der Waals surface area contributed by atoms with Crippen LogP contribution in [-0.4, -0.2) is 31.9 Å². The molecule has 2 rings (SSSR count). The van der Waals surface area contributed by atoms with E-state index in [1.165, 1.54) is 36.7 Å². The topological polar surface area (TPSA) is 139 Å². The van der Waals surface area contributed by atoms with Crippen LogP contribution >= 0.6 is 0 Å². The van der Waals surface area contributed by atoms with E-state index in [9.17, 15) is 0 Å². The van der Waals surface area contributed by atoms with Crippen LogP contribution in [0.4, 0.5) is 0 Å². The number of amidine groups is 2. The monoisotopic (exact) mass is 270 g/mol. The van der Waals surface area contributed by atoms with Gasteiger partial charge in [-0.15, -0.1) is 10.2 Å². The lowest BCUT2D eigenvalue weighted by Gasteiger charge is -1.98. The summed E-state index contributed by atoms with van der Waals surface area (Å²) in [5, 5.41) is 40.5. The lowest BCUT2D eigenvalue weighted by atomic mass is 10.3. The SMILES string of the molecule is N=C(N=NC(=N)c1ccc(O)cn1)c1ccc(O)cn1. The maximum absolute atomic E-state index is 9.08. The summed E-state index contributed by atoms with van der Waals surface area (Å²) in [6.45, 7) is 0. The minimum absolute atomic E-state index is 0.0143. The van der Waals surface area contributed by atoms with Crippen molar-refractivity contribution in [2.24, 2.45) is 10.2 Å².